The van der Waals surface area contributed by atoms with E-state index < -0.39 is 6.10 Å². The van der Waals surface area contributed by atoms with Gasteiger partial charge in [-0.2, -0.15) is 0 Å². The molecule has 0 aliphatic rings. The Labute approximate surface area is 181 Å². The largest absolute Gasteiger partial charge is 0.425 e. The van der Waals surface area contributed by atoms with Gasteiger partial charge in [0.15, 0.2) is 11.9 Å². The average molecular weight is 413 g/mol. The predicted molar refractivity (Wildman–Crippen MR) is 121 cm³/mol. The first-order chi connectivity index (χ1) is 14.6. The Hall–Kier alpha value is -2.27. The molecule has 164 valence electrons. The van der Waals surface area contributed by atoms with Crippen molar-refractivity contribution in [3.8, 4) is 17.1 Å². The van der Waals surface area contributed by atoms with Crippen LogP contribution in [0.4, 0.5) is 0 Å². The topological polar surface area (TPSA) is 61.3 Å². The average Bonchev–Trinajstić information content (AvgIpc) is 2.77. The lowest BCUT2D eigenvalue weighted by atomic mass is 10.1. The van der Waals surface area contributed by atoms with Gasteiger partial charge in [0.2, 0.25) is 0 Å². The summed E-state index contributed by atoms with van der Waals surface area (Å²) in [6.45, 7) is 6.71. The molecule has 2 aromatic rings. The second kappa shape index (κ2) is 13.9. The van der Waals surface area contributed by atoms with E-state index in [1.54, 1.807) is 19.1 Å². The number of benzene rings is 1. The number of hydrogen-bond acceptors (Lipinski definition) is 5. The minimum Gasteiger partial charge on any atom is -0.425 e. The predicted octanol–water partition coefficient (Wildman–Crippen LogP) is 6.16. The maximum absolute atomic E-state index is 12.2. The Bertz CT molecular complexity index is 729. The second-order valence-electron chi connectivity index (χ2n) is 7.74. The summed E-state index contributed by atoms with van der Waals surface area (Å²) in [4.78, 5) is 21.1. The van der Waals surface area contributed by atoms with E-state index in [9.17, 15) is 4.79 Å². The third-order valence-corrected chi connectivity index (χ3v) is 5.05. The van der Waals surface area contributed by atoms with Crippen LogP contribution in [0.2, 0.25) is 0 Å². The summed E-state index contributed by atoms with van der Waals surface area (Å²) in [6.07, 6.45) is 13.6. The maximum atomic E-state index is 12.2. The van der Waals surface area contributed by atoms with Crippen LogP contribution in [0, 0.1) is 0 Å². The van der Waals surface area contributed by atoms with Crippen LogP contribution < -0.4 is 4.74 Å². The molecule has 0 radical (unpaired) electrons. The van der Waals surface area contributed by atoms with Gasteiger partial charge in [-0.15, -0.1) is 0 Å². The summed E-state index contributed by atoms with van der Waals surface area (Å²) in [5.41, 5.74) is 2.06. The van der Waals surface area contributed by atoms with Crippen LogP contribution in [-0.4, -0.2) is 28.6 Å². The number of esters is 1. The Kier molecular flexibility index (Phi) is 11.1. The molecule has 5 nitrogen and oxygen atoms in total. The zero-order chi connectivity index (χ0) is 21.6. The summed E-state index contributed by atoms with van der Waals surface area (Å²) in [7, 11) is 0. The molecule has 0 amide bonds. The molecule has 0 bridgehead atoms. The van der Waals surface area contributed by atoms with Gasteiger partial charge in [0.05, 0.1) is 0 Å². The fourth-order valence-electron chi connectivity index (χ4n) is 3.12. The summed E-state index contributed by atoms with van der Waals surface area (Å²) in [6, 6.07) is 7.27. The number of carbonyl (C=O) groups excluding carboxylic acids is 1. The van der Waals surface area contributed by atoms with Gasteiger partial charge in [-0.3, -0.25) is 0 Å². The van der Waals surface area contributed by atoms with Crippen molar-refractivity contribution in [3.05, 3.63) is 42.2 Å². The number of ether oxygens (including phenoxy) is 2. The van der Waals surface area contributed by atoms with Gasteiger partial charge >= 0.3 is 5.97 Å². The molecule has 2 rings (SSSR count). The monoisotopic (exact) mass is 412 g/mol. The summed E-state index contributed by atoms with van der Waals surface area (Å²) >= 11 is 0. The van der Waals surface area contributed by atoms with Gasteiger partial charge in [-0.05, 0) is 56.0 Å². The van der Waals surface area contributed by atoms with Crippen molar-refractivity contribution < 1.29 is 14.3 Å². The van der Waals surface area contributed by atoms with E-state index in [0.717, 1.165) is 30.4 Å². The molecule has 0 fully saturated rings. The second-order valence-corrected chi connectivity index (χ2v) is 7.74. The summed E-state index contributed by atoms with van der Waals surface area (Å²) in [5, 5.41) is 0. The van der Waals surface area contributed by atoms with Crippen LogP contribution in [0.3, 0.4) is 0 Å². The molecule has 1 aromatic carbocycles. The molecule has 0 saturated heterocycles. The Balaban J connectivity index is 1.78. The first-order valence-corrected chi connectivity index (χ1v) is 11.4. The minimum atomic E-state index is -0.570. The number of rotatable bonds is 14. The van der Waals surface area contributed by atoms with Crippen LogP contribution in [0.1, 0.15) is 77.7 Å². The number of aryl methyl sites for hydroxylation is 1. The lowest BCUT2D eigenvalue weighted by Crippen LogP contribution is -2.26. The molecule has 0 aliphatic heterocycles. The molecule has 30 heavy (non-hydrogen) atoms. The van der Waals surface area contributed by atoms with E-state index in [1.165, 1.54) is 38.5 Å². The van der Waals surface area contributed by atoms with E-state index in [2.05, 4.69) is 23.8 Å². The van der Waals surface area contributed by atoms with E-state index in [-0.39, 0.29) is 5.97 Å². The van der Waals surface area contributed by atoms with Crippen molar-refractivity contribution in [3.63, 3.8) is 0 Å². The molecule has 0 saturated carbocycles. The molecule has 1 atom stereocenters. The van der Waals surface area contributed by atoms with Gasteiger partial charge in [0, 0.05) is 24.6 Å². The number of carbonyl (C=O) groups is 1. The lowest BCUT2D eigenvalue weighted by molar-refractivity contribution is -0.146. The van der Waals surface area contributed by atoms with Gasteiger partial charge in [-0.25, -0.2) is 14.8 Å². The van der Waals surface area contributed by atoms with E-state index in [1.807, 2.05) is 24.5 Å². The quantitative estimate of drug-likeness (QED) is 0.211. The van der Waals surface area contributed by atoms with Gasteiger partial charge < -0.3 is 9.47 Å². The summed E-state index contributed by atoms with van der Waals surface area (Å²) < 4.78 is 11.0. The zero-order valence-electron chi connectivity index (χ0n) is 18.7. The van der Waals surface area contributed by atoms with Crippen LogP contribution in [-0.2, 0) is 16.0 Å². The number of unbranched alkanes of at least 4 members (excludes halogenated alkanes) is 6. The highest BCUT2D eigenvalue weighted by Crippen LogP contribution is 2.20. The first-order valence-electron chi connectivity index (χ1n) is 11.4. The molecule has 5 heteroatoms. The lowest BCUT2D eigenvalue weighted by Gasteiger charge is -2.12. The number of aromatic nitrogens is 2. The van der Waals surface area contributed by atoms with E-state index in [4.69, 9.17) is 9.47 Å². The van der Waals surface area contributed by atoms with Crippen LogP contribution >= 0.6 is 0 Å². The van der Waals surface area contributed by atoms with Crippen molar-refractivity contribution in [2.45, 2.75) is 84.7 Å². The number of hydrogen-bond donors (Lipinski definition) is 0. The zero-order valence-corrected chi connectivity index (χ0v) is 18.7. The fraction of sp³-hybridized carbons (Fsp3) is 0.560. The normalized spacial score (nSPS) is 12.0. The summed E-state index contributed by atoms with van der Waals surface area (Å²) in [5.74, 6) is 0.800. The minimum absolute atomic E-state index is 0.371. The van der Waals surface area contributed by atoms with Crippen molar-refractivity contribution >= 4 is 5.97 Å². The van der Waals surface area contributed by atoms with Crippen molar-refractivity contribution in [2.75, 3.05) is 6.61 Å². The molecule has 0 N–H and O–H groups in total. The molecular formula is C25H36N2O3. The standard InChI is InChI=1S/C25H36N2O3/c1-4-6-8-9-11-17-29-20(3)25(28)30-23-15-13-22(14-16-23)24-26-18-21(19-27-24)12-10-7-5-2/h13-16,18-20H,4-12,17H2,1-3H3. The molecule has 0 spiro atoms. The van der Waals surface area contributed by atoms with Crippen LogP contribution in [0.25, 0.3) is 11.4 Å². The first kappa shape index (κ1) is 24.0. The molecule has 1 aromatic heterocycles. The van der Waals surface area contributed by atoms with E-state index in [0.29, 0.717) is 18.2 Å². The van der Waals surface area contributed by atoms with Crippen molar-refractivity contribution in [2.24, 2.45) is 0 Å². The maximum Gasteiger partial charge on any atom is 0.340 e. The van der Waals surface area contributed by atoms with Crippen molar-refractivity contribution in [1.82, 2.24) is 9.97 Å². The van der Waals surface area contributed by atoms with Crippen molar-refractivity contribution in [1.29, 1.82) is 0 Å². The smallest absolute Gasteiger partial charge is 0.340 e. The Morgan fingerprint density at radius 1 is 0.900 bits per heavy atom. The molecule has 0 aliphatic carbocycles. The van der Waals surface area contributed by atoms with E-state index >= 15 is 0 Å². The molecule has 1 unspecified atom stereocenters. The highest BCUT2D eigenvalue weighted by atomic mass is 16.6. The Morgan fingerprint density at radius 3 is 2.20 bits per heavy atom. The van der Waals surface area contributed by atoms with Gasteiger partial charge in [0.1, 0.15) is 5.75 Å². The van der Waals surface area contributed by atoms with Gasteiger partial charge in [0.25, 0.3) is 0 Å². The fourth-order valence-corrected chi connectivity index (χ4v) is 3.12. The third kappa shape index (κ3) is 8.62. The molecule has 1 heterocycles. The Morgan fingerprint density at radius 2 is 1.53 bits per heavy atom. The third-order valence-electron chi connectivity index (χ3n) is 5.05. The van der Waals surface area contributed by atoms with Crippen LogP contribution in [0.5, 0.6) is 5.75 Å². The van der Waals surface area contributed by atoms with Gasteiger partial charge in [-0.1, -0.05) is 52.4 Å². The van der Waals surface area contributed by atoms with Crippen LogP contribution in [0.15, 0.2) is 36.7 Å². The highest BCUT2D eigenvalue weighted by molar-refractivity contribution is 5.77. The highest BCUT2D eigenvalue weighted by Gasteiger charge is 2.16. The SMILES string of the molecule is CCCCCCCOC(C)C(=O)Oc1ccc(-c2ncc(CCCCC)cn2)cc1. The molecular weight excluding hydrogens is 376 g/mol. The number of nitrogens with zero attached hydrogens (tertiary/aromatic N) is 2.